The van der Waals surface area contributed by atoms with E-state index in [1.807, 2.05) is 0 Å². The number of nitrogens with one attached hydrogen (secondary N) is 3. The number of hydrogen-bond donors (Lipinski definition) is 3. The molecule has 0 saturated carbocycles. The zero-order chi connectivity index (χ0) is 22.9. The topological polar surface area (TPSA) is 105 Å². The van der Waals surface area contributed by atoms with E-state index in [0.717, 1.165) is 0 Å². The normalized spacial score (nSPS) is 11.1. The lowest BCUT2D eigenvalue weighted by atomic mass is 10.1. The third kappa shape index (κ3) is 4.13. The molecule has 33 heavy (non-hydrogen) atoms. The van der Waals surface area contributed by atoms with E-state index >= 15 is 0 Å². The highest BCUT2D eigenvalue weighted by Crippen LogP contribution is 2.29. The summed E-state index contributed by atoms with van der Waals surface area (Å²) in [5.74, 6) is -1.19. The first-order valence-electron chi connectivity index (χ1n) is 9.91. The molecule has 164 valence electrons. The first-order valence-corrected chi connectivity index (χ1v) is 9.91. The molecule has 2 aromatic carbocycles. The third-order valence-electron chi connectivity index (χ3n) is 5.02. The van der Waals surface area contributed by atoms with Crippen LogP contribution in [-0.2, 0) is 11.3 Å². The van der Waals surface area contributed by atoms with Gasteiger partial charge in [-0.1, -0.05) is 0 Å². The van der Waals surface area contributed by atoms with Gasteiger partial charge in [0.25, 0.3) is 5.56 Å². The molecule has 1 amide bonds. The van der Waals surface area contributed by atoms with Crippen LogP contribution in [0.3, 0.4) is 0 Å². The number of carbonyl (C=O) groups excluding carboxylic acids is 1. The summed E-state index contributed by atoms with van der Waals surface area (Å²) < 4.78 is 28.4. The van der Waals surface area contributed by atoms with Crippen LogP contribution in [0, 0.1) is 11.6 Å². The van der Waals surface area contributed by atoms with Crippen molar-refractivity contribution in [3.8, 4) is 0 Å². The van der Waals surface area contributed by atoms with Crippen molar-refractivity contribution in [2.24, 2.45) is 0 Å². The minimum absolute atomic E-state index is 0.0579. The molecular formula is C23H16F2N6O2. The monoisotopic (exact) mass is 446 g/mol. The molecule has 5 rings (SSSR count). The van der Waals surface area contributed by atoms with Gasteiger partial charge in [-0.2, -0.15) is 5.10 Å². The molecule has 0 aliphatic heterocycles. The predicted octanol–water partition coefficient (Wildman–Crippen LogP) is 3.93. The van der Waals surface area contributed by atoms with Crippen molar-refractivity contribution in [1.82, 2.24) is 19.7 Å². The summed E-state index contributed by atoms with van der Waals surface area (Å²) in [6, 6.07) is 11.1. The summed E-state index contributed by atoms with van der Waals surface area (Å²) in [5, 5.41) is 11.3. The average Bonchev–Trinajstić information content (AvgIpc) is 3.21. The number of aromatic amines is 1. The van der Waals surface area contributed by atoms with Crippen molar-refractivity contribution in [1.29, 1.82) is 0 Å². The van der Waals surface area contributed by atoms with Crippen molar-refractivity contribution in [3.05, 3.63) is 89.1 Å². The quantitative estimate of drug-likeness (QED) is 0.355. The van der Waals surface area contributed by atoms with Gasteiger partial charge in [-0.05, 0) is 48.5 Å². The van der Waals surface area contributed by atoms with Gasteiger partial charge in [-0.25, -0.2) is 13.8 Å². The number of hydrogen-bond acceptors (Lipinski definition) is 5. The number of aromatic nitrogens is 4. The van der Waals surface area contributed by atoms with Crippen LogP contribution in [0.1, 0.15) is 0 Å². The van der Waals surface area contributed by atoms with Gasteiger partial charge in [-0.15, -0.1) is 0 Å². The van der Waals surface area contributed by atoms with Crippen molar-refractivity contribution in [3.63, 3.8) is 0 Å². The molecule has 3 heterocycles. The van der Waals surface area contributed by atoms with Crippen LogP contribution in [0.25, 0.3) is 21.8 Å². The molecule has 0 unspecified atom stereocenters. The maximum atomic E-state index is 13.9. The van der Waals surface area contributed by atoms with Gasteiger partial charge in [-0.3, -0.25) is 14.3 Å². The Kier molecular flexibility index (Phi) is 5.02. The van der Waals surface area contributed by atoms with E-state index in [4.69, 9.17) is 0 Å². The van der Waals surface area contributed by atoms with Crippen LogP contribution in [0.2, 0.25) is 0 Å². The smallest absolute Gasteiger partial charge is 0.257 e. The molecule has 0 saturated heterocycles. The number of anilines is 3. The molecular weight excluding hydrogens is 430 g/mol. The zero-order valence-corrected chi connectivity index (χ0v) is 17.0. The molecule has 8 nitrogen and oxygen atoms in total. The summed E-state index contributed by atoms with van der Waals surface area (Å²) in [6.07, 6.45) is 4.68. The van der Waals surface area contributed by atoms with Crippen LogP contribution < -0.4 is 16.2 Å². The summed E-state index contributed by atoms with van der Waals surface area (Å²) in [6.45, 7) is -0.0579. The summed E-state index contributed by atoms with van der Waals surface area (Å²) in [4.78, 5) is 31.5. The number of pyridine rings is 2. The lowest BCUT2D eigenvalue weighted by molar-refractivity contribution is -0.116. The number of rotatable bonds is 5. The van der Waals surface area contributed by atoms with Crippen LogP contribution >= 0.6 is 0 Å². The number of benzene rings is 2. The Balaban J connectivity index is 1.41. The van der Waals surface area contributed by atoms with Crippen LogP contribution in [-0.4, -0.2) is 25.7 Å². The standard InChI is InChI=1S/C23H16F2N6O2/c24-13-1-4-15(5-2-13)29-20(32)12-31-11-16(10-27-31)28-19-7-8-26-22-21(19)18-9-14(25)3-6-17(18)23(33)30-22/h1-11H,12H2,(H,29,32)(H2,26,28,30,33). The number of halogens is 2. The highest BCUT2D eigenvalue weighted by Gasteiger charge is 2.12. The van der Waals surface area contributed by atoms with Crippen LogP contribution in [0.5, 0.6) is 0 Å². The number of nitrogens with zero attached hydrogens (tertiary/aromatic N) is 3. The Labute approximate surface area is 184 Å². The molecule has 0 bridgehead atoms. The minimum atomic E-state index is -0.468. The zero-order valence-electron chi connectivity index (χ0n) is 17.0. The van der Waals surface area contributed by atoms with Crippen LogP contribution in [0.15, 0.2) is 71.9 Å². The van der Waals surface area contributed by atoms with Crippen molar-refractivity contribution < 1.29 is 13.6 Å². The molecule has 0 aliphatic carbocycles. The van der Waals surface area contributed by atoms with E-state index in [0.29, 0.717) is 38.9 Å². The Morgan fingerprint density at radius 2 is 1.79 bits per heavy atom. The predicted molar refractivity (Wildman–Crippen MR) is 120 cm³/mol. The van der Waals surface area contributed by atoms with Gasteiger partial charge in [0, 0.05) is 34.2 Å². The van der Waals surface area contributed by atoms with Crippen LogP contribution in [0.4, 0.5) is 25.8 Å². The fraction of sp³-hybridized carbons (Fsp3) is 0.0435. The van der Waals surface area contributed by atoms with Gasteiger partial charge in [0.1, 0.15) is 23.8 Å². The Hall–Kier alpha value is -4.60. The van der Waals surface area contributed by atoms with Gasteiger partial charge < -0.3 is 15.6 Å². The third-order valence-corrected chi connectivity index (χ3v) is 5.02. The second-order valence-electron chi connectivity index (χ2n) is 7.33. The summed E-state index contributed by atoms with van der Waals surface area (Å²) >= 11 is 0. The molecule has 0 atom stereocenters. The summed E-state index contributed by atoms with van der Waals surface area (Å²) in [7, 11) is 0. The van der Waals surface area contributed by atoms with Crippen molar-refractivity contribution in [2.45, 2.75) is 6.54 Å². The molecule has 0 aliphatic rings. The fourth-order valence-electron chi connectivity index (χ4n) is 3.58. The first kappa shape index (κ1) is 20.3. The maximum absolute atomic E-state index is 13.9. The van der Waals surface area contributed by atoms with Gasteiger partial charge in [0.05, 0.1) is 17.6 Å². The van der Waals surface area contributed by atoms with Crippen molar-refractivity contribution in [2.75, 3.05) is 10.6 Å². The lowest BCUT2D eigenvalue weighted by Crippen LogP contribution is -2.18. The average molecular weight is 446 g/mol. The largest absolute Gasteiger partial charge is 0.352 e. The van der Waals surface area contributed by atoms with E-state index in [1.165, 1.54) is 59.5 Å². The molecule has 0 fully saturated rings. The SMILES string of the molecule is O=C(Cn1cc(Nc2ccnc3[nH]c(=O)c4ccc(F)cc4c23)cn1)Nc1ccc(F)cc1. The number of carbonyl (C=O) groups is 1. The van der Waals surface area contributed by atoms with E-state index in [1.54, 1.807) is 12.3 Å². The second-order valence-corrected chi connectivity index (χ2v) is 7.33. The van der Waals surface area contributed by atoms with Gasteiger partial charge in [0.15, 0.2) is 0 Å². The second kappa shape index (κ2) is 8.15. The van der Waals surface area contributed by atoms with E-state index in [-0.39, 0.29) is 23.8 Å². The molecule has 10 heteroatoms. The Bertz CT molecular complexity index is 1560. The minimum Gasteiger partial charge on any atom is -0.352 e. The van der Waals surface area contributed by atoms with E-state index in [2.05, 4.69) is 25.7 Å². The summed E-state index contributed by atoms with van der Waals surface area (Å²) in [5.41, 5.74) is 1.59. The van der Waals surface area contributed by atoms with E-state index in [9.17, 15) is 18.4 Å². The number of H-pyrrole nitrogens is 1. The van der Waals surface area contributed by atoms with Crippen molar-refractivity contribution >= 4 is 44.8 Å². The van der Waals surface area contributed by atoms with Gasteiger partial charge in [0.2, 0.25) is 5.91 Å². The Morgan fingerprint density at radius 1 is 1.00 bits per heavy atom. The molecule has 3 N–H and O–H groups in total. The molecule has 5 aromatic rings. The first-order chi connectivity index (χ1) is 16.0. The molecule has 0 spiro atoms. The number of fused-ring (bicyclic) bond motifs is 3. The maximum Gasteiger partial charge on any atom is 0.257 e. The fourth-order valence-corrected chi connectivity index (χ4v) is 3.58. The van der Waals surface area contributed by atoms with Gasteiger partial charge >= 0.3 is 0 Å². The molecule has 3 aromatic heterocycles. The lowest BCUT2D eigenvalue weighted by Gasteiger charge is -2.10. The highest BCUT2D eigenvalue weighted by atomic mass is 19.1. The van der Waals surface area contributed by atoms with E-state index < -0.39 is 5.82 Å². The molecule has 0 radical (unpaired) electrons. The number of amides is 1. The highest BCUT2D eigenvalue weighted by molar-refractivity contribution is 6.10. The Morgan fingerprint density at radius 3 is 2.61 bits per heavy atom.